The summed E-state index contributed by atoms with van der Waals surface area (Å²) in [6, 6.07) is 7.21. The van der Waals surface area contributed by atoms with Crippen molar-refractivity contribution in [2.75, 3.05) is 26.8 Å². The Labute approximate surface area is 107 Å². The molecule has 1 N–H and O–H groups in total. The summed E-state index contributed by atoms with van der Waals surface area (Å²) in [5.41, 5.74) is 1.17. The van der Waals surface area contributed by atoms with E-state index in [0.29, 0.717) is 25.5 Å². The van der Waals surface area contributed by atoms with Crippen molar-refractivity contribution >= 4 is 5.91 Å². The molecule has 18 heavy (non-hydrogen) atoms. The zero-order chi connectivity index (χ0) is 13.0. The van der Waals surface area contributed by atoms with Crippen molar-refractivity contribution in [3.63, 3.8) is 0 Å². The van der Waals surface area contributed by atoms with Crippen molar-refractivity contribution in [1.29, 1.82) is 0 Å². The van der Waals surface area contributed by atoms with E-state index in [1.807, 2.05) is 17.0 Å². The fourth-order valence-corrected chi connectivity index (χ4v) is 2.37. The molecule has 0 unspecified atom stereocenters. The van der Waals surface area contributed by atoms with Crippen molar-refractivity contribution in [1.82, 2.24) is 4.90 Å². The van der Waals surface area contributed by atoms with E-state index in [1.165, 1.54) is 5.56 Å². The summed E-state index contributed by atoms with van der Waals surface area (Å²) in [4.78, 5) is 13.6. The second-order valence-corrected chi connectivity index (χ2v) is 4.77. The molecule has 0 bridgehead atoms. The summed E-state index contributed by atoms with van der Waals surface area (Å²) in [5.74, 6) is 0.873. The summed E-state index contributed by atoms with van der Waals surface area (Å²) in [5, 5.41) is 9.22. The first-order valence-electron chi connectivity index (χ1n) is 6.23. The van der Waals surface area contributed by atoms with Crippen LogP contribution in [-0.2, 0) is 16.0 Å². The summed E-state index contributed by atoms with van der Waals surface area (Å²) >= 11 is 0. The SMILES string of the molecule is COCCN1C[C@@H](Cc2ccc(O)cc2)CC1=O. The molecule has 0 aliphatic carbocycles. The molecule has 0 spiro atoms. The maximum Gasteiger partial charge on any atom is 0.223 e. The lowest BCUT2D eigenvalue weighted by Crippen LogP contribution is -2.28. The Hall–Kier alpha value is -1.55. The summed E-state index contributed by atoms with van der Waals surface area (Å²) in [6.45, 7) is 2.09. The molecule has 1 aliphatic rings. The van der Waals surface area contributed by atoms with Gasteiger partial charge in [0.05, 0.1) is 6.61 Å². The predicted molar refractivity (Wildman–Crippen MR) is 68.4 cm³/mol. The van der Waals surface area contributed by atoms with Crippen LogP contribution in [0.2, 0.25) is 0 Å². The van der Waals surface area contributed by atoms with E-state index in [1.54, 1.807) is 19.2 Å². The van der Waals surface area contributed by atoms with Crippen LogP contribution in [0.4, 0.5) is 0 Å². The Bertz CT molecular complexity index is 402. The highest BCUT2D eigenvalue weighted by Crippen LogP contribution is 2.22. The molecule has 98 valence electrons. The number of rotatable bonds is 5. The molecule has 1 saturated heterocycles. The van der Waals surface area contributed by atoms with Crippen LogP contribution < -0.4 is 0 Å². The minimum absolute atomic E-state index is 0.218. The van der Waals surface area contributed by atoms with Gasteiger partial charge in [-0.25, -0.2) is 0 Å². The second-order valence-electron chi connectivity index (χ2n) is 4.77. The van der Waals surface area contributed by atoms with E-state index in [0.717, 1.165) is 13.0 Å². The van der Waals surface area contributed by atoms with Gasteiger partial charge in [0.15, 0.2) is 0 Å². The second kappa shape index (κ2) is 5.87. The fourth-order valence-electron chi connectivity index (χ4n) is 2.37. The number of ether oxygens (including phenoxy) is 1. The van der Waals surface area contributed by atoms with Crippen molar-refractivity contribution < 1.29 is 14.6 Å². The Morgan fingerprint density at radius 3 is 2.78 bits per heavy atom. The molecule has 0 radical (unpaired) electrons. The van der Waals surface area contributed by atoms with E-state index >= 15 is 0 Å². The number of nitrogens with zero attached hydrogens (tertiary/aromatic N) is 1. The van der Waals surface area contributed by atoms with Crippen molar-refractivity contribution in [2.45, 2.75) is 12.8 Å². The Morgan fingerprint density at radius 1 is 1.39 bits per heavy atom. The molecule has 1 aromatic carbocycles. The number of carbonyl (C=O) groups is 1. The van der Waals surface area contributed by atoms with Crippen LogP contribution in [0, 0.1) is 5.92 Å². The minimum atomic E-state index is 0.218. The number of hydrogen-bond acceptors (Lipinski definition) is 3. The van der Waals surface area contributed by atoms with Crippen LogP contribution in [0.5, 0.6) is 5.75 Å². The van der Waals surface area contributed by atoms with E-state index in [2.05, 4.69) is 0 Å². The number of carbonyl (C=O) groups excluding carboxylic acids is 1. The number of likely N-dealkylation sites (tertiary alicyclic amines) is 1. The molecule has 2 rings (SSSR count). The molecule has 0 aromatic heterocycles. The molecule has 1 aliphatic heterocycles. The highest BCUT2D eigenvalue weighted by atomic mass is 16.5. The molecule has 1 fully saturated rings. The first-order chi connectivity index (χ1) is 8.69. The lowest BCUT2D eigenvalue weighted by Gasteiger charge is -2.15. The molecule has 0 saturated carbocycles. The van der Waals surface area contributed by atoms with Crippen LogP contribution in [0.15, 0.2) is 24.3 Å². The third kappa shape index (κ3) is 3.23. The summed E-state index contributed by atoms with van der Waals surface area (Å²) in [7, 11) is 1.65. The van der Waals surface area contributed by atoms with Crippen molar-refractivity contribution in [3.8, 4) is 5.75 Å². The van der Waals surface area contributed by atoms with Gasteiger partial charge >= 0.3 is 0 Å². The van der Waals surface area contributed by atoms with E-state index in [4.69, 9.17) is 4.74 Å². The largest absolute Gasteiger partial charge is 0.508 e. The highest BCUT2D eigenvalue weighted by molar-refractivity contribution is 5.78. The van der Waals surface area contributed by atoms with Crippen LogP contribution in [0.25, 0.3) is 0 Å². The van der Waals surface area contributed by atoms with Gasteiger partial charge in [0.1, 0.15) is 5.75 Å². The maximum absolute atomic E-state index is 11.8. The zero-order valence-corrected chi connectivity index (χ0v) is 10.6. The number of hydrogen-bond donors (Lipinski definition) is 1. The third-order valence-corrected chi connectivity index (χ3v) is 3.32. The van der Waals surface area contributed by atoms with Crippen LogP contribution in [0.1, 0.15) is 12.0 Å². The number of methoxy groups -OCH3 is 1. The van der Waals surface area contributed by atoms with E-state index in [9.17, 15) is 9.90 Å². The Balaban J connectivity index is 1.88. The average molecular weight is 249 g/mol. The first-order valence-corrected chi connectivity index (χ1v) is 6.23. The molecule has 1 atom stereocenters. The average Bonchev–Trinajstić information content (AvgIpc) is 2.70. The van der Waals surface area contributed by atoms with Gasteiger partial charge in [0.25, 0.3) is 0 Å². The molecule has 4 heteroatoms. The smallest absolute Gasteiger partial charge is 0.223 e. The van der Waals surface area contributed by atoms with Gasteiger partial charge in [0.2, 0.25) is 5.91 Å². The fraction of sp³-hybridized carbons (Fsp3) is 0.500. The topological polar surface area (TPSA) is 49.8 Å². The van der Waals surface area contributed by atoms with Crippen molar-refractivity contribution in [2.24, 2.45) is 5.92 Å². The Kier molecular flexibility index (Phi) is 4.20. The minimum Gasteiger partial charge on any atom is -0.508 e. The van der Waals surface area contributed by atoms with Gasteiger partial charge in [-0.15, -0.1) is 0 Å². The Morgan fingerprint density at radius 2 is 2.11 bits per heavy atom. The number of phenolic OH excluding ortho intramolecular Hbond substituents is 1. The van der Waals surface area contributed by atoms with Gasteiger partial charge in [-0.3, -0.25) is 4.79 Å². The van der Waals surface area contributed by atoms with Gasteiger partial charge in [-0.2, -0.15) is 0 Å². The van der Waals surface area contributed by atoms with E-state index in [-0.39, 0.29) is 11.7 Å². The number of phenols is 1. The first kappa shape index (κ1) is 12.9. The third-order valence-electron chi connectivity index (χ3n) is 3.32. The quantitative estimate of drug-likeness (QED) is 0.858. The molecule has 1 aromatic rings. The standard InChI is InChI=1S/C14H19NO3/c1-18-7-6-15-10-12(9-14(15)17)8-11-2-4-13(16)5-3-11/h2-5,12,16H,6-10H2,1H3/t12-/m0/s1. The van der Waals surface area contributed by atoms with Gasteiger partial charge in [-0.05, 0) is 30.0 Å². The molecule has 4 nitrogen and oxygen atoms in total. The number of benzene rings is 1. The number of amides is 1. The predicted octanol–water partition coefficient (Wildman–Crippen LogP) is 1.43. The molecule has 1 heterocycles. The van der Waals surface area contributed by atoms with Crippen LogP contribution >= 0.6 is 0 Å². The highest BCUT2D eigenvalue weighted by Gasteiger charge is 2.28. The summed E-state index contributed by atoms with van der Waals surface area (Å²) < 4.78 is 5.00. The normalized spacial score (nSPS) is 19.5. The van der Waals surface area contributed by atoms with Gasteiger partial charge in [0, 0.05) is 26.6 Å². The molecular formula is C14H19NO3. The van der Waals surface area contributed by atoms with Crippen molar-refractivity contribution in [3.05, 3.63) is 29.8 Å². The maximum atomic E-state index is 11.8. The monoisotopic (exact) mass is 249 g/mol. The van der Waals surface area contributed by atoms with Gasteiger partial charge < -0.3 is 14.7 Å². The lowest BCUT2D eigenvalue weighted by atomic mass is 9.98. The van der Waals surface area contributed by atoms with Crippen LogP contribution in [-0.4, -0.2) is 42.7 Å². The van der Waals surface area contributed by atoms with E-state index < -0.39 is 0 Å². The summed E-state index contributed by atoms with van der Waals surface area (Å²) in [6.07, 6.45) is 1.50. The zero-order valence-electron chi connectivity index (χ0n) is 10.6. The lowest BCUT2D eigenvalue weighted by molar-refractivity contribution is -0.128. The van der Waals surface area contributed by atoms with Crippen LogP contribution in [0.3, 0.4) is 0 Å². The number of aromatic hydroxyl groups is 1. The molecule has 1 amide bonds. The van der Waals surface area contributed by atoms with Gasteiger partial charge in [-0.1, -0.05) is 12.1 Å². The molecular weight excluding hydrogens is 230 g/mol.